The molecule has 2 heterocycles. The van der Waals surface area contributed by atoms with E-state index in [0.717, 1.165) is 10.4 Å². The van der Waals surface area contributed by atoms with Crippen LogP contribution in [0, 0.1) is 0 Å². The fourth-order valence-corrected chi connectivity index (χ4v) is 1.69. The molecule has 2 N–H and O–H groups in total. The molecule has 0 radical (unpaired) electrons. The molecule has 2 rings (SSSR count). The molecule has 0 saturated heterocycles. The molecule has 2 aromatic rings. The van der Waals surface area contributed by atoms with Crippen LogP contribution in [0.25, 0.3) is 10.4 Å². The molecular weight excluding hydrogens is 170 g/mol. The van der Waals surface area contributed by atoms with Gasteiger partial charge >= 0.3 is 0 Å². The molecular formula is C8H7N3S. The van der Waals surface area contributed by atoms with E-state index in [4.69, 9.17) is 5.73 Å². The number of anilines is 1. The van der Waals surface area contributed by atoms with Crippen molar-refractivity contribution in [2.75, 3.05) is 5.73 Å². The molecule has 0 saturated carbocycles. The molecule has 0 bridgehead atoms. The average Bonchev–Trinajstić information content (AvgIpc) is 2.53. The summed E-state index contributed by atoms with van der Waals surface area (Å²) < 4.78 is 0. The van der Waals surface area contributed by atoms with Gasteiger partial charge in [0.15, 0.2) is 0 Å². The second-order valence-corrected chi connectivity index (χ2v) is 3.16. The predicted molar refractivity (Wildman–Crippen MR) is 49.8 cm³/mol. The Morgan fingerprint density at radius 2 is 2.00 bits per heavy atom. The average molecular weight is 177 g/mol. The minimum atomic E-state index is 0.589. The topological polar surface area (TPSA) is 51.8 Å². The van der Waals surface area contributed by atoms with Crippen molar-refractivity contribution in [1.29, 1.82) is 0 Å². The zero-order valence-corrected chi connectivity index (χ0v) is 7.08. The highest BCUT2D eigenvalue weighted by molar-refractivity contribution is 7.13. The van der Waals surface area contributed by atoms with Crippen molar-refractivity contribution in [3.05, 3.63) is 30.0 Å². The number of pyridine rings is 1. The lowest BCUT2D eigenvalue weighted by Gasteiger charge is -1.95. The fourth-order valence-electron chi connectivity index (χ4n) is 0.974. The van der Waals surface area contributed by atoms with Gasteiger partial charge in [-0.15, -0.1) is 11.3 Å². The lowest BCUT2D eigenvalue weighted by atomic mass is 10.2. The van der Waals surface area contributed by atoms with Gasteiger partial charge in [-0.2, -0.15) is 0 Å². The van der Waals surface area contributed by atoms with E-state index in [2.05, 4.69) is 9.97 Å². The Morgan fingerprint density at radius 1 is 1.25 bits per heavy atom. The van der Waals surface area contributed by atoms with Crippen molar-refractivity contribution in [2.24, 2.45) is 0 Å². The van der Waals surface area contributed by atoms with Gasteiger partial charge in [0.1, 0.15) is 5.82 Å². The number of nitrogen functional groups attached to an aromatic ring is 1. The Balaban J connectivity index is 2.51. The van der Waals surface area contributed by atoms with E-state index in [1.54, 1.807) is 17.9 Å². The van der Waals surface area contributed by atoms with Crippen LogP contribution in [0.2, 0.25) is 0 Å². The SMILES string of the molecule is Nc1ncsc1-c1ccncc1. The highest BCUT2D eigenvalue weighted by Crippen LogP contribution is 2.28. The first-order valence-electron chi connectivity index (χ1n) is 3.47. The normalized spacial score (nSPS) is 10.0. The van der Waals surface area contributed by atoms with E-state index in [1.165, 1.54) is 11.3 Å². The van der Waals surface area contributed by atoms with Gasteiger partial charge in [-0.25, -0.2) is 4.98 Å². The summed E-state index contributed by atoms with van der Waals surface area (Å²) in [5.41, 5.74) is 8.47. The first-order chi connectivity index (χ1) is 5.88. The summed E-state index contributed by atoms with van der Waals surface area (Å²) >= 11 is 1.54. The summed E-state index contributed by atoms with van der Waals surface area (Å²) in [7, 11) is 0. The molecule has 0 aliphatic rings. The molecule has 2 aromatic heterocycles. The monoisotopic (exact) mass is 177 g/mol. The fraction of sp³-hybridized carbons (Fsp3) is 0. The maximum absolute atomic E-state index is 5.65. The lowest BCUT2D eigenvalue weighted by Crippen LogP contribution is -1.86. The highest BCUT2D eigenvalue weighted by Gasteiger charge is 2.03. The van der Waals surface area contributed by atoms with Crippen LogP contribution in [0.3, 0.4) is 0 Å². The molecule has 0 fully saturated rings. The number of hydrogen-bond donors (Lipinski definition) is 1. The summed E-state index contributed by atoms with van der Waals surface area (Å²) in [5.74, 6) is 0.589. The summed E-state index contributed by atoms with van der Waals surface area (Å²) in [6.07, 6.45) is 3.49. The van der Waals surface area contributed by atoms with E-state index >= 15 is 0 Å². The van der Waals surface area contributed by atoms with E-state index in [9.17, 15) is 0 Å². The summed E-state index contributed by atoms with van der Waals surface area (Å²) in [4.78, 5) is 8.91. The molecule has 0 spiro atoms. The maximum Gasteiger partial charge on any atom is 0.142 e. The lowest BCUT2D eigenvalue weighted by molar-refractivity contribution is 1.33. The molecule has 0 amide bonds. The van der Waals surface area contributed by atoms with Gasteiger partial charge in [0, 0.05) is 12.4 Å². The van der Waals surface area contributed by atoms with E-state index in [0.29, 0.717) is 5.82 Å². The van der Waals surface area contributed by atoms with Crippen LogP contribution in [-0.2, 0) is 0 Å². The molecule has 12 heavy (non-hydrogen) atoms. The Bertz CT molecular complexity index is 369. The van der Waals surface area contributed by atoms with Crippen LogP contribution in [0.15, 0.2) is 30.0 Å². The number of aromatic nitrogens is 2. The summed E-state index contributed by atoms with van der Waals surface area (Å²) in [6, 6.07) is 3.84. The van der Waals surface area contributed by atoms with Crippen molar-refractivity contribution in [1.82, 2.24) is 9.97 Å². The largest absolute Gasteiger partial charge is 0.382 e. The van der Waals surface area contributed by atoms with Crippen molar-refractivity contribution in [3.8, 4) is 10.4 Å². The van der Waals surface area contributed by atoms with Gasteiger partial charge < -0.3 is 5.73 Å². The van der Waals surface area contributed by atoms with E-state index in [1.807, 2.05) is 12.1 Å². The van der Waals surface area contributed by atoms with Gasteiger partial charge in [-0.05, 0) is 17.7 Å². The third-order valence-electron chi connectivity index (χ3n) is 1.54. The molecule has 0 aliphatic heterocycles. The van der Waals surface area contributed by atoms with Gasteiger partial charge in [0.25, 0.3) is 0 Å². The molecule has 4 heteroatoms. The third-order valence-corrected chi connectivity index (χ3v) is 2.43. The van der Waals surface area contributed by atoms with Crippen molar-refractivity contribution in [3.63, 3.8) is 0 Å². The molecule has 3 nitrogen and oxygen atoms in total. The molecule has 0 unspecified atom stereocenters. The van der Waals surface area contributed by atoms with Gasteiger partial charge in [-0.3, -0.25) is 4.98 Å². The third kappa shape index (κ3) is 1.16. The Hall–Kier alpha value is -1.42. The van der Waals surface area contributed by atoms with Gasteiger partial charge in [-0.1, -0.05) is 0 Å². The Morgan fingerprint density at radius 3 is 2.58 bits per heavy atom. The van der Waals surface area contributed by atoms with Gasteiger partial charge in [0.05, 0.1) is 10.4 Å². The molecule has 60 valence electrons. The van der Waals surface area contributed by atoms with Crippen LogP contribution >= 0.6 is 11.3 Å². The first-order valence-corrected chi connectivity index (χ1v) is 4.35. The van der Waals surface area contributed by atoms with Gasteiger partial charge in [0.2, 0.25) is 0 Å². The number of thiazole rings is 1. The first kappa shape index (κ1) is 7.24. The van der Waals surface area contributed by atoms with Crippen molar-refractivity contribution < 1.29 is 0 Å². The van der Waals surface area contributed by atoms with Crippen molar-refractivity contribution in [2.45, 2.75) is 0 Å². The zero-order valence-electron chi connectivity index (χ0n) is 6.27. The molecule has 0 aromatic carbocycles. The molecule has 0 atom stereocenters. The Labute approximate surface area is 73.9 Å². The zero-order chi connectivity index (χ0) is 8.39. The number of nitrogens with two attached hydrogens (primary N) is 1. The van der Waals surface area contributed by atoms with Crippen LogP contribution in [0.4, 0.5) is 5.82 Å². The predicted octanol–water partition coefficient (Wildman–Crippen LogP) is 1.79. The quantitative estimate of drug-likeness (QED) is 0.722. The van der Waals surface area contributed by atoms with Crippen LogP contribution in [0.5, 0.6) is 0 Å². The van der Waals surface area contributed by atoms with Crippen molar-refractivity contribution >= 4 is 17.2 Å². The second-order valence-electron chi connectivity index (χ2n) is 2.30. The Kier molecular flexibility index (Phi) is 1.75. The van der Waals surface area contributed by atoms with E-state index < -0.39 is 0 Å². The number of hydrogen-bond acceptors (Lipinski definition) is 4. The second kappa shape index (κ2) is 2.91. The summed E-state index contributed by atoms with van der Waals surface area (Å²) in [5, 5.41) is 0. The van der Waals surface area contributed by atoms with E-state index in [-0.39, 0.29) is 0 Å². The number of rotatable bonds is 1. The highest BCUT2D eigenvalue weighted by atomic mass is 32.1. The number of nitrogens with zero attached hydrogens (tertiary/aromatic N) is 2. The van der Waals surface area contributed by atoms with Crippen LogP contribution < -0.4 is 5.73 Å². The standard InChI is InChI=1S/C8H7N3S/c9-8-7(12-5-11-8)6-1-3-10-4-2-6/h1-5H,9H2. The minimum Gasteiger partial charge on any atom is -0.382 e. The maximum atomic E-state index is 5.65. The molecule has 0 aliphatic carbocycles. The van der Waals surface area contributed by atoms with Crippen LogP contribution in [0.1, 0.15) is 0 Å². The minimum absolute atomic E-state index is 0.589. The van der Waals surface area contributed by atoms with Crippen LogP contribution in [-0.4, -0.2) is 9.97 Å². The summed E-state index contributed by atoms with van der Waals surface area (Å²) in [6.45, 7) is 0. The smallest absolute Gasteiger partial charge is 0.142 e.